The predicted octanol–water partition coefficient (Wildman–Crippen LogP) is 4.05. The van der Waals surface area contributed by atoms with Gasteiger partial charge in [0.15, 0.2) is 0 Å². The van der Waals surface area contributed by atoms with E-state index in [0.717, 1.165) is 44.0 Å². The third-order valence-corrected chi connectivity index (χ3v) is 5.26. The zero-order chi connectivity index (χ0) is 19.4. The summed E-state index contributed by atoms with van der Waals surface area (Å²) in [6, 6.07) is 11.1. The summed E-state index contributed by atoms with van der Waals surface area (Å²) in [5, 5.41) is 3.44. The third kappa shape index (κ3) is 4.54. The number of carbonyl (C=O) groups is 1. The molecule has 1 heterocycles. The lowest BCUT2D eigenvalue weighted by molar-refractivity contribution is 0.102. The van der Waals surface area contributed by atoms with Crippen molar-refractivity contribution >= 4 is 28.9 Å². The highest BCUT2D eigenvalue weighted by molar-refractivity contribution is 6.31. The number of aryl methyl sites for hydroxylation is 1. The fourth-order valence-electron chi connectivity index (χ4n) is 3.45. The normalized spacial score (nSPS) is 14.9. The van der Waals surface area contributed by atoms with Gasteiger partial charge in [-0.15, -0.1) is 0 Å². The molecule has 0 atom stereocenters. The van der Waals surface area contributed by atoms with Gasteiger partial charge in [0.1, 0.15) is 5.75 Å². The van der Waals surface area contributed by atoms with E-state index < -0.39 is 0 Å². The van der Waals surface area contributed by atoms with E-state index in [-0.39, 0.29) is 5.91 Å². The number of ether oxygens (including phenoxy) is 1. The van der Waals surface area contributed by atoms with Crippen molar-refractivity contribution in [2.75, 3.05) is 50.1 Å². The first kappa shape index (κ1) is 19.5. The van der Waals surface area contributed by atoms with Crippen molar-refractivity contribution in [2.45, 2.75) is 13.8 Å². The number of methoxy groups -OCH3 is 1. The van der Waals surface area contributed by atoms with Gasteiger partial charge in [-0.1, -0.05) is 18.5 Å². The Hall–Kier alpha value is -2.24. The van der Waals surface area contributed by atoms with Crippen molar-refractivity contribution in [3.05, 3.63) is 52.5 Å². The molecule has 1 saturated heterocycles. The summed E-state index contributed by atoms with van der Waals surface area (Å²) in [5.41, 5.74) is 3.55. The van der Waals surface area contributed by atoms with E-state index >= 15 is 0 Å². The number of rotatable bonds is 5. The number of benzene rings is 2. The van der Waals surface area contributed by atoms with Gasteiger partial charge in [-0.3, -0.25) is 4.79 Å². The standard InChI is InChI=1S/C21H26ClN3O2/c1-4-24-9-11-25(12-10-24)19-7-6-17(13-15(19)2)23-21(26)18-14-16(22)5-8-20(18)27-3/h5-8,13-14H,4,9-12H2,1-3H3,(H,23,26). The lowest BCUT2D eigenvalue weighted by Gasteiger charge is -2.36. The molecule has 0 spiro atoms. The molecule has 1 aliphatic rings. The molecule has 0 bridgehead atoms. The smallest absolute Gasteiger partial charge is 0.259 e. The van der Waals surface area contributed by atoms with Crippen LogP contribution in [-0.4, -0.2) is 50.6 Å². The Labute approximate surface area is 165 Å². The topological polar surface area (TPSA) is 44.8 Å². The van der Waals surface area contributed by atoms with Crippen molar-refractivity contribution in [1.82, 2.24) is 4.90 Å². The van der Waals surface area contributed by atoms with Gasteiger partial charge in [0.2, 0.25) is 0 Å². The van der Waals surface area contributed by atoms with Crippen LogP contribution in [0.5, 0.6) is 5.75 Å². The molecule has 0 aromatic heterocycles. The lowest BCUT2D eigenvalue weighted by Crippen LogP contribution is -2.46. The molecule has 3 rings (SSSR count). The molecule has 27 heavy (non-hydrogen) atoms. The van der Waals surface area contributed by atoms with Crippen molar-refractivity contribution in [2.24, 2.45) is 0 Å². The number of nitrogens with one attached hydrogen (secondary N) is 1. The van der Waals surface area contributed by atoms with Crippen LogP contribution in [0.3, 0.4) is 0 Å². The van der Waals surface area contributed by atoms with Crippen LogP contribution in [-0.2, 0) is 0 Å². The fraction of sp³-hybridized carbons (Fsp3) is 0.381. The molecule has 5 nitrogen and oxygen atoms in total. The van der Waals surface area contributed by atoms with Gasteiger partial charge in [0, 0.05) is 42.6 Å². The molecular formula is C21H26ClN3O2. The highest BCUT2D eigenvalue weighted by Crippen LogP contribution is 2.27. The van der Waals surface area contributed by atoms with Gasteiger partial charge in [0.05, 0.1) is 12.7 Å². The second-order valence-electron chi connectivity index (χ2n) is 6.72. The van der Waals surface area contributed by atoms with Gasteiger partial charge in [-0.2, -0.15) is 0 Å². The first-order valence-corrected chi connectivity index (χ1v) is 9.62. The van der Waals surface area contributed by atoms with E-state index in [1.165, 1.54) is 12.8 Å². The molecule has 2 aromatic rings. The van der Waals surface area contributed by atoms with Gasteiger partial charge in [-0.25, -0.2) is 0 Å². The average Bonchev–Trinajstić information content (AvgIpc) is 2.68. The van der Waals surface area contributed by atoms with Gasteiger partial charge < -0.3 is 19.9 Å². The second-order valence-corrected chi connectivity index (χ2v) is 7.16. The molecular weight excluding hydrogens is 362 g/mol. The van der Waals surface area contributed by atoms with E-state index in [9.17, 15) is 4.79 Å². The van der Waals surface area contributed by atoms with E-state index in [1.54, 1.807) is 18.2 Å². The van der Waals surface area contributed by atoms with Gasteiger partial charge >= 0.3 is 0 Å². The predicted molar refractivity (Wildman–Crippen MR) is 111 cm³/mol. The zero-order valence-corrected chi connectivity index (χ0v) is 16.8. The highest BCUT2D eigenvalue weighted by Gasteiger charge is 2.18. The Balaban J connectivity index is 1.73. The van der Waals surface area contributed by atoms with Gasteiger partial charge in [0.25, 0.3) is 5.91 Å². The van der Waals surface area contributed by atoms with Crippen LogP contribution < -0.4 is 15.0 Å². The van der Waals surface area contributed by atoms with E-state index in [0.29, 0.717) is 16.3 Å². The molecule has 1 fully saturated rings. The molecule has 0 aliphatic carbocycles. The first-order chi connectivity index (χ1) is 13.0. The molecule has 0 saturated carbocycles. The monoisotopic (exact) mass is 387 g/mol. The molecule has 144 valence electrons. The number of amides is 1. The quantitative estimate of drug-likeness (QED) is 0.840. The molecule has 1 N–H and O–H groups in total. The summed E-state index contributed by atoms with van der Waals surface area (Å²) in [6.07, 6.45) is 0. The molecule has 2 aromatic carbocycles. The van der Waals surface area contributed by atoms with E-state index in [2.05, 4.69) is 35.0 Å². The minimum absolute atomic E-state index is 0.238. The maximum absolute atomic E-state index is 12.6. The van der Waals surface area contributed by atoms with E-state index in [1.807, 2.05) is 12.1 Å². The maximum Gasteiger partial charge on any atom is 0.259 e. The SMILES string of the molecule is CCN1CCN(c2ccc(NC(=O)c3cc(Cl)ccc3OC)cc2C)CC1. The van der Waals surface area contributed by atoms with Crippen LogP contribution in [0.2, 0.25) is 5.02 Å². The van der Waals surface area contributed by atoms with Crippen LogP contribution in [0, 0.1) is 6.92 Å². The van der Waals surface area contributed by atoms with Crippen LogP contribution in [0.1, 0.15) is 22.8 Å². The third-order valence-electron chi connectivity index (χ3n) is 5.02. The fourth-order valence-corrected chi connectivity index (χ4v) is 3.62. The summed E-state index contributed by atoms with van der Waals surface area (Å²) in [5.74, 6) is 0.261. The van der Waals surface area contributed by atoms with E-state index in [4.69, 9.17) is 16.3 Å². The number of hydrogen-bond acceptors (Lipinski definition) is 4. The Morgan fingerprint density at radius 1 is 1.15 bits per heavy atom. The number of halogens is 1. The maximum atomic E-state index is 12.6. The molecule has 6 heteroatoms. The number of piperazine rings is 1. The van der Waals surface area contributed by atoms with Crippen LogP contribution in [0.15, 0.2) is 36.4 Å². The largest absolute Gasteiger partial charge is 0.496 e. The van der Waals surface area contributed by atoms with Crippen molar-refractivity contribution < 1.29 is 9.53 Å². The molecule has 0 unspecified atom stereocenters. The molecule has 1 amide bonds. The average molecular weight is 388 g/mol. The van der Waals surface area contributed by atoms with Crippen LogP contribution >= 0.6 is 11.6 Å². The molecule has 1 aliphatic heterocycles. The Morgan fingerprint density at radius 3 is 2.52 bits per heavy atom. The van der Waals surface area contributed by atoms with Crippen molar-refractivity contribution in [3.8, 4) is 5.75 Å². The Kier molecular flexibility index (Phi) is 6.24. The number of carbonyl (C=O) groups excluding carboxylic acids is 1. The summed E-state index contributed by atoms with van der Waals surface area (Å²) in [4.78, 5) is 17.5. The molecule has 0 radical (unpaired) electrons. The second kappa shape index (κ2) is 8.63. The minimum Gasteiger partial charge on any atom is -0.496 e. The van der Waals surface area contributed by atoms with Crippen LogP contribution in [0.25, 0.3) is 0 Å². The number of hydrogen-bond donors (Lipinski definition) is 1. The number of likely N-dealkylation sites (N-methyl/N-ethyl adjacent to an activating group) is 1. The van der Waals surface area contributed by atoms with Gasteiger partial charge in [-0.05, 0) is 55.4 Å². The summed E-state index contributed by atoms with van der Waals surface area (Å²) in [6.45, 7) is 9.61. The number of nitrogens with zero attached hydrogens (tertiary/aromatic N) is 2. The van der Waals surface area contributed by atoms with Crippen LogP contribution in [0.4, 0.5) is 11.4 Å². The van der Waals surface area contributed by atoms with Crippen molar-refractivity contribution in [3.63, 3.8) is 0 Å². The summed E-state index contributed by atoms with van der Waals surface area (Å²) < 4.78 is 5.27. The zero-order valence-electron chi connectivity index (χ0n) is 16.1. The first-order valence-electron chi connectivity index (χ1n) is 9.24. The Bertz CT molecular complexity index is 817. The summed E-state index contributed by atoms with van der Waals surface area (Å²) in [7, 11) is 1.54. The summed E-state index contributed by atoms with van der Waals surface area (Å²) >= 11 is 6.03. The van der Waals surface area contributed by atoms with Crippen molar-refractivity contribution in [1.29, 1.82) is 0 Å². The Morgan fingerprint density at radius 2 is 1.89 bits per heavy atom. The minimum atomic E-state index is -0.238. The lowest BCUT2D eigenvalue weighted by atomic mass is 10.1. The number of anilines is 2. The highest BCUT2D eigenvalue weighted by atomic mass is 35.5.